The normalized spacial score (nSPS) is 36.0. The van der Waals surface area contributed by atoms with E-state index in [0.717, 1.165) is 11.3 Å². The Morgan fingerprint density at radius 2 is 1.36 bits per heavy atom. The van der Waals surface area contributed by atoms with Crippen LogP contribution in [0.25, 0.3) is 0 Å². The molecule has 0 radical (unpaired) electrons. The van der Waals surface area contributed by atoms with Crippen LogP contribution in [-0.4, -0.2) is 24.6 Å². The van der Waals surface area contributed by atoms with Crippen molar-refractivity contribution in [3.8, 4) is 0 Å². The summed E-state index contributed by atoms with van der Waals surface area (Å²) in [6.07, 6.45) is 5.90. The van der Waals surface area contributed by atoms with Crippen LogP contribution in [0.3, 0.4) is 0 Å². The molecule has 0 N–H and O–H groups in total. The minimum atomic E-state index is -0.514. The quantitative estimate of drug-likeness (QED) is 0.559. The zero-order valence-corrected chi connectivity index (χ0v) is 9.32. The molecule has 2 atom stereocenters. The topological polar surface area (TPSA) is 0 Å². The van der Waals surface area contributed by atoms with Crippen molar-refractivity contribution in [2.45, 2.75) is 50.8 Å². The van der Waals surface area contributed by atoms with Crippen LogP contribution in [0.4, 0.5) is 0 Å². The van der Waals surface area contributed by atoms with Gasteiger partial charge in [-0.15, -0.1) is 0 Å². The Kier molecular flexibility index (Phi) is 2.97. The highest BCUT2D eigenvalue weighted by Gasteiger charge is 2.47. The molecule has 1 fully saturated rings. The van der Waals surface area contributed by atoms with Crippen molar-refractivity contribution in [1.29, 1.82) is 0 Å². The third-order valence-corrected chi connectivity index (χ3v) is 8.67. The van der Waals surface area contributed by atoms with Crippen LogP contribution in [0.15, 0.2) is 0 Å². The summed E-state index contributed by atoms with van der Waals surface area (Å²) in [6, 6.07) is 0. The van der Waals surface area contributed by atoms with E-state index < -0.39 is 7.26 Å². The third kappa shape index (κ3) is 1.61. The molecule has 0 aromatic carbocycles. The van der Waals surface area contributed by atoms with Gasteiger partial charge in [-0.2, -0.15) is 0 Å². The smallest absolute Gasteiger partial charge is 0.0616 e. The Balaban J connectivity index is 2.64. The van der Waals surface area contributed by atoms with Crippen molar-refractivity contribution in [2.24, 2.45) is 0 Å². The van der Waals surface area contributed by atoms with Crippen molar-refractivity contribution in [2.75, 3.05) is 13.3 Å². The first-order chi connectivity index (χ1) is 5.12. The average Bonchev–Trinajstić information content (AvgIpc) is 2.24. The summed E-state index contributed by atoms with van der Waals surface area (Å²) in [4.78, 5) is 0. The Morgan fingerprint density at radius 1 is 1.00 bits per heavy atom. The van der Waals surface area contributed by atoms with Crippen molar-refractivity contribution in [3.63, 3.8) is 0 Å². The Hall–Kier alpha value is 0.430. The highest BCUT2D eigenvalue weighted by molar-refractivity contribution is 7.76. The van der Waals surface area contributed by atoms with Crippen molar-refractivity contribution in [3.05, 3.63) is 0 Å². The van der Waals surface area contributed by atoms with Crippen molar-refractivity contribution >= 4 is 7.26 Å². The number of hydrogen-bond donors (Lipinski definition) is 0. The minimum Gasteiger partial charge on any atom is -0.0616 e. The molecular weight excluding hydrogens is 151 g/mol. The van der Waals surface area contributed by atoms with Crippen LogP contribution in [0.2, 0.25) is 0 Å². The van der Waals surface area contributed by atoms with E-state index >= 15 is 0 Å². The summed E-state index contributed by atoms with van der Waals surface area (Å²) < 4.78 is 0. The van der Waals surface area contributed by atoms with Crippen LogP contribution in [0, 0.1) is 0 Å². The van der Waals surface area contributed by atoms with E-state index in [0.29, 0.717) is 0 Å². The van der Waals surface area contributed by atoms with Gasteiger partial charge in [0.2, 0.25) is 0 Å². The maximum absolute atomic E-state index is 2.57. The molecule has 0 aliphatic carbocycles. The second-order valence-electron chi connectivity index (χ2n) is 4.33. The first-order valence-electron chi connectivity index (χ1n) is 4.96. The van der Waals surface area contributed by atoms with Gasteiger partial charge in [-0.05, 0) is 25.7 Å². The molecule has 1 heterocycles. The third-order valence-electron chi connectivity index (χ3n) is 3.66. The van der Waals surface area contributed by atoms with Gasteiger partial charge in [-0.3, -0.25) is 0 Å². The van der Waals surface area contributed by atoms with E-state index in [2.05, 4.69) is 27.2 Å². The van der Waals surface area contributed by atoms with Crippen LogP contribution in [-0.2, 0) is 0 Å². The first kappa shape index (κ1) is 9.52. The number of rotatable bonds is 2. The number of hydrogen-bond acceptors (Lipinski definition) is 0. The average molecular weight is 173 g/mol. The summed E-state index contributed by atoms with van der Waals surface area (Å²) in [5.41, 5.74) is 2.21. The SMILES string of the molecule is CC[C@@H]1CC[C@@H](CC)[P+]1(C)C. The summed E-state index contributed by atoms with van der Waals surface area (Å²) in [5.74, 6) is 0. The van der Waals surface area contributed by atoms with Gasteiger partial charge in [0, 0.05) is 20.6 Å². The lowest BCUT2D eigenvalue weighted by atomic mass is 10.1. The van der Waals surface area contributed by atoms with Gasteiger partial charge < -0.3 is 0 Å². The van der Waals surface area contributed by atoms with Crippen LogP contribution in [0.5, 0.6) is 0 Å². The second-order valence-corrected chi connectivity index (χ2v) is 9.05. The van der Waals surface area contributed by atoms with E-state index in [-0.39, 0.29) is 0 Å². The summed E-state index contributed by atoms with van der Waals surface area (Å²) in [7, 11) is -0.514. The lowest BCUT2D eigenvalue weighted by molar-refractivity contribution is 0.696. The maximum atomic E-state index is 2.57. The van der Waals surface area contributed by atoms with Gasteiger partial charge in [0.1, 0.15) is 0 Å². The second kappa shape index (κ2) is 3.44. The molecule has 1 heteroatoms. The highest BCUT2D eigenvalue weighted by atomic mass is 31.2. The standard InChI is InChI=1S/C10H22P/c1-5-9-7-8-10(6-2)11(9,3)4/h9-10H,5-8H2,1-4H3/q+1/t9-,10-/m1/s1. The van der Waals surface area contributed by atoms with Crippen molar-refractivity contribution in [1.82, 2.24) is 0 Å². The molecule has 1 aliphatic rings. The fourth-order valence-electron chi connectivity index (χ4n) is 2.70. The fourth-order valence-corrected chi connectivity index (χ4v) is 6.81. The lowest BCUT2D eigenvalue weighted by Crippen LogP contribution is -2.11. The monoisotopic (exact) mass is 173 g/mol. The van der Waals surface area contributed by atoms with E-state index in [1.54, 1.807) is 0 Å². The summed E-state index contributed by atoms with van der Waals surface area (Å²) in [5, 5.41) is 0. The van der Waals surface area contributed by atoms with Gasteiger partial charge in [0.05, 0.1) is 11.3 Å². The Bertz CT molecular complexity index is 115. The lowest BCUT2D eigenvalue weighted by Gasteiger charge is -2.24. The predicted molar refractivity (Wildman–Crippen MR) is 56.2 cm³/mol. The van der Waals surface area contributed by atoms with Crippen LogP contribution in [0.1, 0.15) is 39.5 Å². The molecule has 0 bridgehead atoms. The van der Waals surface area contributed by atoms with Crippen LogP contribution < -0.4 is 0 Å². The van der Waals surface area contributed by atoms with Crippen LogP contribution >= 0.6 is 7.26 Å². The molecule has 0 aromatic heterocycles. The molecule has 11 heavy (non-hydrogen) atoms. The van der Waals surface area contributed by atoms with Crippen molar-refractivity contribution < 1.29 is 0 Å². The highest BCUT2D eigenvalue weighted by Crippen LogP contribution is 2.69. The summed E-state index contributed by atoms with van der Waals surface area (Å²) in [6.45, 7) is 9.87. The molecule has 0 aromatic rings. The molecule has 1 aliphatic heterocycles. The zero-order valence-electron chi connectivity index (χ0n) is 8.43. The van der Waals surface area contributed by atoms with Gasteiger partial charge in [-0.1, -0.05) is 13.8 Å². The van der Waals surface area contributed by atoms with E-state index in [4.69, 9.17) is 0 Å². The Morgan fingerprint density at radius 3 is 1.55 bits per heavy atom. The first-order valence-corrected chi connectivity index (χ1v) is 7.78. The molecule has 0 amide bonds. The molecular formula is C10H22P+. The van der Waals surface area contributed by atoms with Gasteiger partial charge in [0.15, 0.2) is 0 Å². The molecule has 0 spiro atoms. The molecule has 0 unspecified atom stereocenters. The predicted octanol–water partition coefficient (Wildman–Crippen LogP) is 3.61. The zero-order chi connectivity index (χ0) is 8.48. The summed E-state index contributed by atoms with van der Waals surface area (Å²) >= 11 is 0. The van der Waals surface area contributed by atoms with Gasteiger partial charge in [-0.25, -0.2) is 0 Å². The molecule has 0 nitrogen and oxygen atoms in total. The molecule has 0 saturated carbocycles. The molecule has 66 valence electrons. The van der Waals surface area contributed by atoms with Gasteiger partial charge >= 0.3 is 0 Å². The maximum Gasteiger partial charge on any atom is 0.0693 e. The largest absolute Gasteiger partial charge is 0.0693 e. The van der Waals surface area contributed by atoms with Gasteiger partial charge in [0.25, 0.3) is 0 Å². The molecule has 1 saturated heterocycles. The molecule has 1 rings (SSSR count). The minimum absolute atomic E-state index is 0.514. The van der Waals surface area contributed by atoms with E-state index in [1.165, 1.54) is 25.7 Å². The Labute approximate surface area is 72.1 Å². The van der Waals surface area contributed by atoms with E-state index in [9.17, 15) is 0 Å². The fraction of sp³-hybridized carbons (Fsp3) is 1.00. The van der Waals surface area contributed by atoms with E-state index in [1.807, 2.05) is 0 Å².